The average Bonchev–Trinajstić information content (AvgIpc) is 2.95. The van der Waals surface area contributed by atoms with E-state index in [9.17, 15) is 13.2 Å². The molecule has 7 heteroatoms. The highest BCUT2D eigenvalue weighted by atomic mass is 19.4. The summed E-state index contributed by atoms with van der Waals surface area (Å²) in [6, 6.07) is 10.6. The van der Waals surface area contributed by atoms with E-state index in [-0.39, 0.29) is 5.82 Å². The van der Waals surface area contributed by atoms with Crippen molar-refractivity contribution in [2.24, 2.45) is 5.10 Å². The zero-order chi connectivity index (χ0) is 21.2. The minimum Gasteiger partial charge on any atom is -0.317 e. The Morgan fingerprint density at radius 2 is 1.90 bits per heavy atom. The van der Waals surface area contributed by atoms with Crippen molar-refractivity contribution >= 4 is 12.0 Å². The number of halogens is 3. The van der Waals surface area contributed by atoms with Crippen molar-refractivity contribution in [2.45, 2.75) is 40.3 Å². The highest BCUT2D eigenvalue weighted by molar-refractivity contribution is 5.82. The van der Waals surface area contributed by atoms with Gasteiger partial charge < -0.3 is 4.57 Å². The number of benzene rings is 1. The zero-order valence-corrected chi connectivity index (χ0v) is 16.8. The average molecular weight is 400 g/mol. The van der Waals surface area contributed by atoms with Gasteiger partial charge in [-0.3, -0.25) is 5.43 Å². The number of hydrogen-bond acceptors (Lipinski definition) is 3. The van der Waals surface area contributed by atoms with E-state index in [0.29, 0.717) is 0 Å². The van der Waals surface area contributed by atoms with Gasteiger partial charge in [0.05, 0.1) is 17.5 Å². The lowest BCUT2D eigenvalue weighted by Crippen LogP contribution is -2.06. The summed E-state index contributed by atoms with van der Waals surface area (Å²) in [4.78, 5) is 3.75. The summed E-state index contributed by atoms with van der Waals surface area (Å²) in [5.41, 5.74) is 8.58. The van der Waals surface area contributed by atoms with E-state index in [1.807, 2.05) is 19.9 Å². The first-order valence-electron chi connectivity index (χ1n) is 9.32. The molecule has 0 saturated carbocycles. The SMILES string of the molecule is CCc1cccc(C)c1-n1c(C)cc(/C=N/Nc2ccc(C(F)(F)F)cn2)c1C. The molecule has 152 valence electrons. The first kappa shape index (κ1) is 20.6. The molecule has 0 aliphatic heterocycles. The van der Waals surface area contributed by atoms with Crippen molar-refractivity contribution in [1.82, 2.24) is 9.55 Å². The van der Waals surface area contributed by atoms with Crippen LogP contribution in [0.3, 0.4) is 0 Å². The quantitative estimate of drug-likeness (QED) is 0.433. The lowest BCUT2D eigenvalue weighted by atomic mass is 10.1. The molecule has 1 N–H and O–H groups in total. The van der Waals surface area contributed by atoms with Gasteiger partial charge in [0.25, 0.3) is 0 Å². The van der Waals surface area contributed by atoms with Gasteiger partial charge in [-0.2, -0.15) is 18.3 Å². The third kappa shape index (κ3) is 4.34. The van der Waals surface area contributed by atoms with Gasteiger partial charge in [-0.05, 0) is 56.5 Å². The van der Waals surface area contributed by atoms with Crippen LogP contribution in [0, 0.1) is 20.8 Å². The van der Waals surface area contributed by atoms with Crippen molar-refractivity contribution in [3.8, 4) is 5.69 Å². The molecule has 3 rings (SSSR count). The third-order valence-electron chi connectivity index (χ3n) is 4.87. The van der Waals surface area contributed by atoms with Crippen LogP contribution in [-0.2, 0) is 12.6 Å². The number of pyridine rings is 1. The molecule has 0 aliphatic carbocycles. The molecule has 0 aliphatic rings. The highest BCUT2D eigenvalue weighted by Gasteiger charge is 2.30. The monoisotopic (exact) mass is 400 g/mol. The van der Waals surface area contributed by atoms with Crippen molar-refractivity contribution in [3.63, 3.8) is 0 Å². The second kappa shape index (κ2) is 8.11. The zero-order valence-electron chi connectivity index (χ0n) is 16.8. The maximum absolute atomic E-state index is 12.6. The van der Waals surface area contributed by atoms with Gasteiger partial charge in [0, 0.05) is 23.1 Å². The second-order valence-corrected chi connectivity index (χ2v) is 6.90. The highest BCUT2D eigenvalue weighted by Crippen LogP contribution is 2.29. The molecule has 0 saturated heterocycles. The maximum atomic E-state index is 12.6. The molecule has 3 aromatic rings. The van der Waals surface area contributed by atoms with Crippen molar-refractivity contribution in [2.75, 3.05) is 5.43 Å². The third-order valence-corrected chi connectivity index (χ3v) is 4.87. The Bertz CT molecular complexity index is 1030. The van der Waals surface area contributed by atoms with Gasteiger partial charge in [-0.25, -0.2) is 4.98 Å². The molecule has 0 spiro atoms. The van der Waals surface area contributed by atoms with Crippen LogP contribution in [0.15, 0.2) is 47.7 Å². The van der Waals surface area contributed by atoms with E-state index in [2.05, 4.69) is 52.1 Å². The van der Waals surface area contributed by atoms with Gasteiger partial charge in [0.1, 0.15) is 5.82 Å². The first-order chi connectivity index (χ1) is 13.7. The number of hydrazone groups is 1. The van der Waals surface area contributed by atoms with Crippen LogP contribution in [-0.4, -0.2) is 15.8 Å². The summed E-state index contributed by atoms with van der Waals surface area (Å²) in [6.45, 7) is 8.30. The van der Waals surface area contributed by atoms with Gasteiger partial charge in [-0.15, -0.1) is 0 Å². The number of para-hydroxylation sites is 1. The lowest BCUT2D eigenvalue weighted by Gasteiger charge is -2.17. The number of nitrogens with one attached hydrogen (secondary N) is 1. The topological polar surface area (TPSA) is 42.2 Å². The number of nitrogens with zero attached hydrogens (tertiary/aromatic N) is 3. The fourth-order valence-electron chi connectivity index (χ4n) is 3.38. The molecule has 0 unspecified atom stereocenters. The van der Waals surface area contributed by atoms with Gasteiger partial charge in [0.15, 0.2) is 0 Å². The Labute approximate surface area is 168 Å². The normalized spacial score (nSPS) is 12.0. The molecular formula is C22H23F3N4. The minimum absolute atomic E-state index is 0.246. The summed E-state index contributed by atoms with van der Waals surface area (Å²) in [7, 11) is 0. The molecule has 0 amide bonds. The van der Waals surface area contributed by atoms with Crippen molar-refractivity contribution < 1.29 is 13.2 Å². The Kier molecular flexibility index (Phi) is 5.77. The van der Waals surface area contributed by atoms with E-state index < -0.39 is 11.7 Å². The van der Waals surface area contributed by atoms with Crippen LogP contribution in [0.2, 0.25) is 0 Å². The molecule has 2 heterocycles. The molecule has 2 aromatic heterocycles. The van der Waals surface area contributed by atoms with E-state index in [1.54, 1.807) is 6.21 Å². The number of anilines is 1. The molecule has 0 atom stereocenters. The van der Waals surface area contributed by atoms with Crippen LogP contribution in [0.4, 0.5) is 19.0 Å². The predicted octanol–water partition coefficient (Wildman–Crippen LogP) is 5.82. The lowest BCUT2D eigenvalue weighted by molar-refractivity contribution is -0.137. The van der Waals surface area contributed by atoms with E-state index >= 15 is 0 Å². The Morgan fingerprint density at radius 1 is 1.14 bits per heavy atom. The fourth-order valence-corrected chi connectivity index (χ4v) is 3.38. The second-order valence-electron chi connectivity index (χ2n) is 6.90. The largest absolute Gasteiger partial charge is 0.417 e. The van der Waals surface area contributed by atoms with Crippen molar-refractivity contribution in [3.05, 3.63) is 76.2 Å². The Balaban J connectivity index is 1.84. The van der Waals surface area contributed by atoms with Gasteiger partial charge >= 0.3 is 6.18 Å². The number of aromatic nitrogens is 2. The number of rotatable bonds is 5. The van der Waals surface area contributed by atoms with Crippen molar-refractivity contribution in [1.29, 1.82) is 0 Å². The molecule has 1 aromatic carbocycles. The van der Waals surface area contributed by atoms with Crippen LogP contribution < -0.4 is 5.43 Å². The molecule has 4 nitrogen and oxygen atoms in total. The van der Waals surface area contributed by atoms with Crippen LogP contribution in [0.5, 0.6) is 0 Å². The van der Waals surface area contributed by atoms with Gasteiger partial charge in [0.2, 0.25) is 0 Å². The standard InChI is InChI=1S/C22H23F3N4/c1-5-17-8-6-7-14(2)21(17)29-15(3)11-18(16(29)4)12-27-28-20-10-9-19(13-26-20)22(23,24)25/h6-13H,5H2,1-4H3,(H,26,28)/b27-12+. The number of hydrogen-bond donors (Lipinski definition) is 1. The maximum Gasteiger partial charge on any atom is 0.417 e. The summed E-state index contributed by atoms with van der Waals surface area (Å²) in [5.74, 6) is 0.246. The van der Waals surface area contributed by atoms with E-state index in [4.69, 9.17) is 0 Å². The summed E-state index contributed by atoms with van der Waals surface area (Å²) >= 11 is 0. The molecule has 0 fully saturated rings. The summed E-state index contributed by atoms with van der Waals surface area (Å²) in [5, 5.41) is 4.15. The van der Waals surface area contributed by atoms with Crippen LogP contribution in [0.1, 0.15) is 40.6 Å². The minimum atomic E-state index is -4.40. The van der Waals surface area contributed by atoms with Gasteiger partial charge in [-0.1, -0.05) is 25.1 Å². The fraction of sp³-hybridized carbons (Fsp3) is 0.273. The molecule has 29 heavy (non-hydrogen) atoms. The summed E-state index contributed by atoms with van der Waals surface area (Å²) < 4.78 is 40.0. The summed E-state index contributed by atoms with van der Waals surface area (Å²) in [6.07, 6.45) is -1.03. The van der Waals surface area contributed by atoms with E-state index in [1.165, 1.54) is 22.9 Å². The van der Waals surface area contributed by atoms with E-state index in [0.717, 1.165) is 35.6 Å². The Morgan fingerprint density at radius 3 is 2.52 bits per heavy atom. The molecule has 0 radical (unpaired) electrons. The molecular weight excluding hydrogens is 377 g/mol. The predicted molar refractivity (Wildman–Crippen MR) is 110 cm³/mol. The van der Waals surface area contributed by atoms with Crippen LogP contribution >= 0.6 is 0 Å². The molecule has 0 bridgehead atoms. The first-order valence-corrected chi connectivity index (χ1v) is 9.32. The Hall–Kier alpha value is -3.09. The number of aryl methyl sites for hydroxylation is 3. The smallest absolute Gasteiger partial charge is 0.317 e. The van der Waals surface area contributed by atoms with Crippen LogP contribution in [0.25, 0.3) is 5.69 Å². The number of alkyl halides is 3.